The molecule has 3 rings (SSSR count). The van der Waals surface area contributed by atoms with Crippen molar-refractivity contribution in [1.29, 1.82) is 0 Å². The van der Waals surface area contributed by atoms with Crippen LogP contribution in [0.25, 0.3) is 0 Å². The van der Waals surface area contributed by atoms with Crippen LogP contribution in [0.4, 0.5) is 0 Å². The lowest BCUT2D eigenvalue weighted by atomic mass is 9.67. The van der Waals surface area contributed by atoms with Crippen molar-refractivity contribution in [2.45, 2.75) is 25.7 Å². The number of nitrogens with one attached hydrogen (secondary N) is 1. The SMILES string of the molecule is COc1ccc2c(c1Cl)CC[C@]1(C)CNC[C@H]21. The van der Waals surface area contributed by atoms with Gasteiger partial charge in [0, 0.05) is 19.0 Å². The monoisotopic (exact) mass is 251 g/mol. The molecule has 1 heterocycles. The lowest BCUT2D eigenvalue weighted by molar-refractivity contribution is 0.277. The van der Waals surface area contributed by atoms with E-state index in [9.17, 15) is 0 Å². The molecule has 1 aliphatic carbocycles. The van der Waals surface area contributed by atoms with Gasteiger partial charge < -0.3 is 10.1 Å². The summed E-state index contributed by atoms with van der Waals surface area (Å²) >= 11 is 6.42. The first-order valence-corrected chi connectivity index (χ1v) is 6.59. The maximum atomic E-state index is 6.42. The Morgan fingerprint density at radius 3 is 3.06 bits per heavy atom. The molecular weight excluding hydrogens is 234 g/mol. The largest absolute Gasteiger partial charge is 0.495 e. The van der Waals surface area contributed by atoms with Gasteiger partial charge in [0.25, 0.3) is 0 Å². The fourth-order valence-corrected chi connectivity index (χ4v) is 3.73. The first kappa shape index (κ1) is 11.4. The molecule has 17 heavy (non-hydrogen) atoms. The molecule has 0 radical (unpaired) electrons. The van der Waals surface area contributed by atoms with Gasteiger partial charge in [-0.05, 0) is 35.4 Å². The molecule has 1 aromatic carbocycles. The summed E-state index contributed by atoms with van der Waals surface area (Å²) in [4.78, 5) is 0. The zero-order chi connectivity index (χ0) is 12.0. The number of rotatable bonds is 1. The summed E-state index contributed by atoms with van der Waals surface area (Å²) in [5.41, 5.74) is 3.14. The number of ether oxygens (including phenoxy) is 1. The molecule has 92 valence electrons. The molecule has 2 aliphatic rings. The Morgan fingerprint density at radius 2 is 2.29 bits per heavy atom. The Hall–Kier alpha value is -0.730. The molecule has 0 bridgehead atoms. The van der Waals surface area contributed by atoms with E-state index in [4.69, 9.17) is 16.3 Å². The summed E-state index contributed by atoms with van der Waals surface area (Å²) < 4.78 is 5.30. The number of fused-ring (bicyclic) bond motifs is 3. The van der Waals surface area contributed by atoms with Gasteiger partial charge in [-0.25, -0.2) is 0 Å². The van der Waals surface area contributed by atoms with Gasteiger partial charge in [0.05, 0.1) is 12.1 Å². The van der Waals surface area contributed by atoms with Gasteiger partial charge in [-0.2, -0.15) is 0 Å². The van der Waals surface area contributed by atoms with E-state index in [1.165, 1.54) is 17.5 Å². The second-order valence-corrected chi connectivity index (χ2v) is 5.87. The van der Waals surface area contributed by atoms with Gasteiger partial charge in [0.2, 0.25) is 0 Å². The zero-order valence-electron chi connectivity index (χ0n) is 10.3. The molecule has 1 N–H and O–H groups in total. The topological polar surface area (TPSA) is 21.3 Å². The smallest absolute Gasteiger partial charge is 0.137 e. The van der Waals surface area contributed by atoms with Crippen molar-refractivity contribution in [2.24, 2.45) is 5.41 Å². The van der Waals surface area contributed by atoms with Crippen molar-refractivity contribution in [2.75, 3.05) is 20.2 Å². The van der Waals surface area contributed by atoms with Gasteiger partial charge >= 0.3 is 0 Å². The molecule has 2 nitrogen and oxygen atoms in total. The first-order valence-electron chi connectivity index (χ1n) is 6.22. The maximum Gasteiger partial charge on any atom is 0.137 e. The average Bonchev–Trinajstić information content (AvgIpc) is 2.71. The minimum absolute atomic E-state index is 0.408. The zero-order valence-corrected chi connectivity index (χ0v) is 11.1. The van der Waals surface area contributed by atoms with Gasteiger partial charge in [-0.15, -0.1) is 0 Å². The van der Waals surface area contributed by atoms with Crippen LogP contribution in [0.3, 0.4) is 0 Å². The summed E-state index contributed by atoms with van der Waals surface area (Å²) in [7, 11) is 1.68. The van der Waals surface area contributed by atoms with E-state index in [-0.39, 0.29) is 0 Å². The fourth-order valence-electron chi connectivity index (χ4n) is 3.38. The number of benzene rings is 1. The van der Waals surface area contributed by atoms with E-state index in [1.807, 2.05) is 6.07 Å². The molecule has 1 aromatic rings. The van der Waals surface area contributed by atoms with Crippen LogP contribution in [-0.2, 0) is 6.42 Å². The van der Waals surface area contributed by atoms with Crippen LogP contribution in [0.15, 0.2) is 12.1 Å². The van der Waals surface area contributed by atoms with Crippen LogP contribution in [0.1, 0.15) is 30.4 Å². The molecule has 1 saturated heterocycles. The van der Waals surface area contributed by atoms with Crippen LogP contribution >= 0.6 is 11.6 Å². The predicted molar refractivity (Wildman–Crippen MR) is 70.0 cm³/mol. The highest BCUT2D eigenvalue weighted by Gasteiger charge is 2.43. The van der Waals surface area contributed by atoms with Crippen molar-refractivity contribution >= 4 is 11.6 Å². The number of methoxy groups -OCH3 is 1. The maximum absolute atomic E-state index is 6.42. The van der Waals surface area contributed by atoms with Crippen LogP contribution in [0.5, 0.6) is 5.75 Å². The summed E-state index contributed by atoms with van der Waals surface area (Å²) in [6.45, 7) is 4.59. The van der Waals surface area contributed by atoms with E-state index >= 15 is 0 Å². The summed E-state index contributed by atoms with van der Waals surface area (Å²) in [6, 6.07) is 4.21. The molecule has 0 spiro atoms. The minimum atomic E-state index is 0.408. The minimum Gasteiger partial charge on any atom is -0.495 e. The normalized spacial score (nSPS) is 30.9. The van der Waals surface area contributed by atoms with Gasteiger partial charge in [0.1, 0.15) is 5.75 Å². The van der Waals surface area contributed by atoms with E-state index in [1.54, 1.807) is 7.11 Å². The summed E-state index contributed by atoms with van der Waals surface area (Å²) in [5, 5.41) is 4.34. The van der Waals surface area contributed by atoms with Crippen LogP contribution in [0, 0.1) is 5.41 Å². The van der Waals surface area contributed by atoms with Gasteiger partial charge in [-0.3, -0.25) is 0 Å². The molecule has 3 heteroatoms. The van der Waals surface area contributed by atoms with E-state index in [0.717, 1.165) is 30.3 Å². The molecule has 0 amide bonds. The Labute approximate surface area is 107 Å². The Morgan fingerprint density at radius 1 is 1.47 bits per heavy atom. The quantitative estimate of drug-likeness (QED) is 0.829. The molecule has 2 atom stereocenters. The number of hydrogen-bond donors (Lipinski definition) is 1. The first-order chi connectivity index (χ1) is 8.15. The Balaban J connectivity index is 2.11. The fraction of sp³-hybridized carbons (Fsp3) is 0.571. The van der Waals surface area contributed by atoms with E-state index < -0.39 is 0 Å². The van der Waals surface area contributed by atoms with Gasteiger partial charge in [-0.1, -0.05) is 24.6 Å². The van der Waals surface area contributed by atoms with Crippen molar-refractivity contribution in [1.82, 2.24) is 5.32 Å². The van der Waals surface area contributed by atoms with Crippen LogP contribution in [-0.4, -0.2) is 20.2 Å². The second kappa shape index (κ2) is 3.89. The summed E-state index contributed by atoms with van der Waals surface area (Å²) in [5.74, 6) is 1.41. The Bertz CT molecular complexity index is 460. The molecule has 1 fully saturated rings. The highest BCUT2D eigenvalue weighted by atomic mass is 35.5. The third kappa shape index (κ3) is 1.58. The Kier molecular flexibility index (Phi) is 2.60. The van der Waals surface area contributed by atoms with Crippen molar-refractivity contribution in [3.8, 4) is 5.75 Å². The van der Waals surface area contributed by atoms with E-state index in [0.29, 0.717) is 11.3 Å². The number of halogens is 1. The highest BCUT2D eigenvalue weighted by molar-refractivity contribution is 6.33. The molecule has 0 saturated carbocycles. The molecule has 0 aromatic heterocycles. The van der Waals surface area contributed by atoms with Crippen molar-refractivity contribution in [3.05, 3.63) is 28.3 Å². The van der Waals surface area contributed by atoms with Crippen LogP contribution in [0.2, 0.25) is 5.02 Å². The van der Waals surface area contributed by atoms with Gasteiger partial charge in [0.15, 0.2) is 0 Å². The third-order valence-corrected chi connectivity index (χ3v) is 4.92. The predicted octanol–water partition coefficient (Wildman–Crippen LogP) is 2.99. The standard InChI is InChI=1S/C14H18ClNO/c1-14-6-5-10-9(11(14)7-16-8-14)3-4-12(17-2)13(10)15/h3-4,11,16H,5-8H2,1-2H3/t11-,14-/m1/s1. The average molecular weight is 252 g/mol. The van der Waals surface area contributed by atoms with Crippen molar-refractivity contribution < 1.29 is 4.74 Å². The second-order valence-electron chi connectivity index (χ2n) is 5.49. The van der Waals surface area contributed by atoms with Crippen molar-refractivity contribution in [3.63, 3.8) is 0 Å². The highest BCUT2D eigenvalue weighted by Crippen LogP contribution is 2.50. The number of hydrogen-bond acceptors (Lipinski definition) is 2. The summed E-state index contributed by atoms with van der Waals surface area (Å²) in [6.07, 6.45) is 2.28. The van der Waals surface area contributed by atoms with Crippen LogP contribution < -0.4 is 10.1 Å². The third-order valence-electron chi connectivity index (χ3n) is 4.50. The lowest BCUT2D eigenvalue weighted by Crippen LogP contribution is -2.30. The van der Waals surface area contributed by atoms with E-state index in [2.05, 4.69) is 18.3 Å². The molecule has 0 unspecified atom stereocenters. The molecule has 1 aliphatic heterocycles. The lowest BCUT2D eigenvalue weighted by Gasteiger charge is -2.37. The molecular formula is C14H18ClNO.